The van der Waals surface area contributed by atoms with Crippen LogP contribution >= 0.6 is 12.2 Å². The number of piperidine rings is 1. The molecule has 2 heterocycles. The van der Waals surface area contributed by atoms with Gasteiger partial charge in [0.2, 0.25) is 0 Å². The molecule has 1 aliphatic rings. The van der Waals surface area contributed by atoms with E-state index in [1.54, 1.807) is 0 Å². The van der Waals surface area contributed by atoms with Crippen LogP contribution < -0.4 is 0 Å². The molecule has 3 nitrogen and oxygen atoms in total. The number of rotatable bonds is 3. The zero-order valence-electron chi connectivity index (χ0n) is 11.9. The lowest BCUT2D eigenvalue weighted by Crippen LogP contribution is -2.32. The minimum absolute atomic E-state index is 0.733. The van der Waals surface area contributed by atoms with Crippen molar-refractivity contribution in [2.75, 3.05) is 20.1 Å². The van der Waals surface area contributed by atoms with Crippen LogP contribution in [0.2, 0.25) is 0 Å². The van der Waals surface area contributed by atoms with E-state index in [2.05, 4.69) is 45.8 Å². The molecule has 0 unspecified atom stereocenters. The molecule has 1 fully saturated rings. The van der Waals surface area contributed by atoms with E-state index in [9.17, 15) is 0 Å². The third kappa shape index (κ3) is 2.86. The van der Waals surface area contributed by atoms with Crippen molar-refractivity contribution in [2.24, 2.45) is 5.92 Å². The Labute approximate surface area is 125 Å². The minimum atomic E-state index is 0.733. The van der Waals surface area contributed by atoms with E-state index in [4.69, 9.17) is 12.2 Å². The van der Waals surface area contributed by atoms with Gasteiger partial charge in [-0.3, -0.25) is 0 Å². The van der Waals surface area contributed by atoms with Crippen molar-refractivity contribution in [3.8, 4) is 11.3 Å². The highest BCUT2D eigenvalue weighted by Gasteiger charge is 2.18. The molecule has 1 N–H and O–H groups in total. The molecule has 106 valence electrons. The van der Waals surface area contributed by atoms with E-state index in [1.807, 2.05) is 12.3 Å². The summed E-state index contributed by atoms with van der Waals surface area (Å²) >= 11 is 5.46. The lowest BCUT2D eigenvalue weighted by molar-refractivity contribution is 0.205. The van der Waals surface area contributed by atoms with Crippen LogP contribution in [0.1, 0.15) is 12.8 Å². The van der Waals surface area contributed by atoms with Gasteiger partial charge in [-0.15, -0.1) is 0 Å². The van der Waals surface area contributed by atoms with Crippen molar-refractivity contribution in [1.82, 2.24) is 14.5 Å². The fourth-order valence-corrected chi connectivity index (χ4v) is 3.16. The number of benzene rings is 1. The SMILES string of the molecule is CN1CCC(Cn2c(-c3ccccc3)c[nH]c2=S)CC1. The van der Waals surface area contributed by atoms with Gasteiger partial charge >= 0.3 is 0 Å². The van der Waals surface area contributed by atoms with E-state index in [1.165, 1.54) is 37.2 Å². The number of hydrogen-bond acceptors (Lipinski definition) is 2. The Bertz CT molecular complexity index is 606. The predicted octanol–water partition coefficient (Wildman–Crippen LogP) is 3.55. The van der Waals surface area contributed by atoms with Gasteiger partial charge in [-0.05, 0) is 56.7 Å². The molecule has 1 aromatic carbocycles. The summed E-state index contributed by atoms with van der Waals surface area (Å²) in [6.07, 6.45) is 4.56. The molecule has 0 bridgehead atoms. The summed E-state index contributed by atoms with van der Waals surface area (Å²) in [5.41, 5.74) is 2.43. The van der Waals surface area contributed by atoms with Crippen LogP contribution in [0.3, 0.4) is 0 Å². The van der Waals surface area contributed by atoms with Gasteiger partial charge in [0.1, 0.15) is 0 Å². The fourth-order valence-electron chi connectivity index (χ4n) is 2.93. The average Bonchev–Trinajstić information content (AvgIpc) is 2.84. The molecule has 20 heavy (non-hydrogen) atoms. The Morgan fingerprint density at radius 2 is 1.90 bits per heavy atom. The molecule has 3 rings (SSSR count). The quantitative estimate of drug-likeness (QED) is 0.873. The second-order valence-corrected chi connectivity index (χ2v) is 6.09. The summed E-state index contributed by atoms with van der Waals surface area (Å²) in [6.45, 7) is 3.42. The van der Waals surface area contributed by atoms with E-state index in [0.29, 0.717) is 0 Å². The van der Waals surface area contributed by atoms with Crippen LogP contribution in [0.25, 0.3) is 11.3 Å². The summed E-state index contributed by atoms with van der Waals surface area (Å²) in [5, 5.41) is 0. The summed E-state index contributed by atoms with van der Waals surface area (Å²) in [6, 6.07) is 10.5. The highest BCUT2D eigenvalue weighted by molar-refractivity contribution is 7.71. The monoisotopic (exact) mass is 287 g/mol. The molecule has 0 spiro atoms. The van der Waals surface area contributed by atoms with Crippen molar-refractivity contribution < 1.29 is 0 Å². The molecule has 0 atom stereocenters. The van der Waals surface area contributed by atoms with E-state index >= 15 is 0 Å². The van der Waals surface area contributed by atoms with Crippen LogP contribution in [0, 0.1) is 10.7 Å². The van der Waals surface area contributed by atoms with E-state index in [-0.39, 0.29) is 0 Å². The zero-order valence-corrected chi connectivity index (χ0v) is 12.7. The summed E-state index contributed by atoms with van der Waals surface area (Å²) in [4.78, 5) is 5.61. The molecule has 0 amide bonds. The average molecular weight is 287 g/mol. The van der Waals surface area contributed by atoms with Gasteiger partial charge in [-0.1, -0.05) is 30.3 Å². The van der Waals surface area contributed by atoms with Gasteiger partial charge in [-0.2, -0.15) is 0 Å². The smallest absolute Gasteiger partial charge is 0.177 e. The molecule has 0 aliphatic carbocycles. The highest BCUT2D eigenvalue weighted by Crippen LogP contribution is 2.24. The normalized spacial score (nSPS) is 17.4. The first-order chi connectivity index (χ1) is 9.74. The standard InChI is InChI=1S/C16H21N3S/c1-18-9-7-13(8-10-18)12-19-15(11-17-16(19)20)14-5-3-2-4-6-14/h2-6,11,13H,7-10,12H2,1H3,(H,17,20). The third-order valence-corrected chi connectivity index (χ3v) is 4.56. The van der Waals surface area contributed by atoms with Gasteiger partial charge in [0.25, 0.3) is 0 Å². The number of hydrogen-bond donors (Lipinski definition) is 1. The largest absolute Gasteiger partial charge is 0.337 e. The van der Waals surface area contributed by atoms with Gasteiger partial charge in [-0.25, -0.2) is 0 Å². The molecular formula is C16H21N3S. The molecular weight excluding hydrogens is 266 g/mol. The van der Waals surface area contributed by atoms with Crippen LogP contribution in [0.15, 0.2) is 36.5 Å². The molecule has 1 saturated heterocycles. The number of aromatic nitrogens is 2. The van der Waals surface area contributed by atoms with Crippen molar-refractivity contribution >= 4 is 12.2 Å². The third-order valence-electron chi connectivity index (χ3n) is 4.22. The summed E-state index contributed by atoms with van der Waals surface area (Å²) in [7, 11) is 2.20. The van der Waals surface area contributed by atoms with Crippen LogP contribution in [0.5, 0.6) is 0 Å². The second-order valence-electron chi connectivity index (χ2n) is 5.70. The number of nitrogens with zero attached hydrogens (tertiary/aromatic N) is 2. The van der Waals surface area contributed by atoms with Crippen LogP contribution in [-0.4, -0.2) is 34.6 Å². The zero-order chi connectivity index (χ0) is 13.9. The number of likely N-dealkylation sites (tertiary alicyclic amines) is 1. The summed E-state index contributed by atoms with van der Waals surface area (Å²) < 4.78 is 3.10. The van der Waals surface area contributed by atoms with Gasteiger partial charge in [0, 0.05) is 12.7 Å². The van der Waals surface area contributed by atoms with Crippen LogP contribution in [-0.2, 0) is 6.54 Å². The summed E-state index contributed by atoms with van der Waals surface area (Å²) in [5.74, 6) is 0.733. The topological polar surface area (TPSA) is 24.0 Å². The Balaban J connectivity index is 1.83. The first-order valence-corrected chi connectivity index (χ1v) is 7.67. The molecule has 1 aromatic heterocycles. The Hall–Kier alpha value is -1.39. The first kappa shape index (κ1) is 13.6. The fraction of sp³-hybridized carbons (Fsp3) is 0.438. The lowest BCUT2D eigenvalue weighted by atomic mass is 9.97. The maximum absolute atomic E-state index is 5.46. The highest BCUT2D eigenvalue weighted by atomic mass is 32.1. The Morgan fingerprint density at radius 3 is 2.60 bits per heavy atom. The maximum atomic E-state index is 5.46. The number of aromatic amines is 1. The molecule has 0 radical (unpaired) electrons. The molecule has 2 aromatic rings. The van der Waals surface area contributed by atoms with Crippen molar-refractivity contribution in [3.05, 3.63) is 41.3 Å². The van der Waals surface area contributed by atoms with Gasteiger partial charge in [0.05, 0.1) is 5.69 Å². The van der Waals surface area contributed by atoms with Crippen molar-refractivity contribution in [3.63, 3.8) is 0 Å². The van der Waals surface area contributed by atoms with Crippen molar-refractivity contribution in [1.29, 1.82) is 0 Å². The maximum Gasteiger partial charge on any atom is 0.177 e. The molecule has 1 aliphatic heterocycles. The number of imidazole rings is 1. The van der Waals surface area contributed by atoms with Gasteiger partial charge in [0.15, 0.2) is 4.77 Å². The van der Waals surface area contributed by atoms with E-state index in [0.717, 1.165) is 17.2 Å². The second kappa shape index (κ2) is 5.94. The first-order valence-electron chi connectivity index (χ1n) is 7.26. The minimum Gasteiger partial charge on any atom is -0.337 e. The number of H-pyrrole nitrogens is 1. The van der Waals surface area contributed by atoms with Crippen LogP contribution in [0.4, 0.5) is 0 Å². The predicted molar refractivity (Wildman–Crippen MR) is 85.3 cm³/mol. The Morgan fingerprint density at radius 1 is 1.20 bits per heavy atom. The molecule has 4 heteroatoms. The van der Waals surface area contributed by atoms with Gasteiger partial charge < -0.3 is 14.5 Å². The molecule has 0 saturated carbocycles. The number of nitrogens with one attached hydrogen (secondary N) is 1. The lowest BCUT2D eigenvalue weighted by Gasteiger charge is -2.29. The van der Waals surface area contributed by atoms with Crippen molar-refractivity contribution in [2.45, 2.75) is 19.4 Å². The van der Waals surface area contributed by atoms with E-state index < -0.39 is 0 Å². The Kier molecular flexibility index (Phi) is 4.03.